The first-order valence-electron chi connectivity index (χ1n) is 8.46. The molecule has 0 N–H and O–H groups in total. The molecule has 0 aliphatic carbocycles. The lowest BCUT2D eigenvalue weighted by molar-refractivity contribution is 0.0292. The Morgan fingerprint density at radius 3 is 2.48 bits per heavy atom. The van der Waals surface area contributed by atoms with E-state index in [-0.39, 0.29) is 5.92 Å². The molecule has 0 aromatic heterocycles. The second kappa shape index (κ2) is 6.19. The first kappa shape index (κ1) is 16.9. The standard InChI is InChI=1S/C18H27NO3S/c1-4-22-11-17-5-6-23(20,21)18(17)12-19(13-18)10-16-8-14(2)7-15(3)9-16/h7-9,17H,4-6,10-13H2,1-3H3/t17-/m0/s1. The van der Waals surface area contributed by atoms with Crippen molar-refractivity contribution < 1.29 is 13.2 Å². The number of sulfone groups is 1. The highest BCUT2D eigenvalue weighted by Gasteiger charge is 2.61. The fourth-order valence-corrected chi connectivity index (χ4v) is 6.66. The van der Waals surface area contributed by atoms with Crippen molar-refractivity contribution in [2.75, 3.05) is 32.1 Å². The van der Waals surface area contributed by atoms with Gasteiger partial charge in [0.2, 0.25) is 0 Å². The molecule has 2 aliphatic rings. The van der Waals surface area contributed by atoms with Gasteiger partial charge >= 0.3 is 0 Å². The van der Waals surface area contributed by atoms with Gasteiger partial charge in [0, 0.05) is 32.2 Å². The van der Waals surface area contributed by atoms with Crippen LogP contribution in [0.1, 0.15) is 30.0 Å². The minimum Gasteiger partial charge on any atom is -0.381 e. The van der Waals surface area contributed by atoms with E-state index in [0.717, 1.165) is 13.0 Å². The molecular formula is C18H27NO3S. The van der Waals surface area contributed by atoms with Crippen LogP contribution in [0.5, 0.6) is 0 Å². The van der Waals surface area contributed by atoms with Gasteiger partial charge in [-0.15, -0.1) is 0 Å². The Morgan fingerprint density at radius 2 is 1.87 bits per heavy atom. The van der Waals surface area contributed by atoms with Crippen LogP contribution in [0.15, 0.2) is 18.2 Å². The molecular weight excluding hydrogens is 310 g/mol. The number of benzene rings is 1. The highest BCUT2D eigenvalue weighted by Crippen LogP contribution is 2.45. The Labute approximate surface area is 139 Å². The summed E-state index contributed by atoms with van der Waals surface area (Å²) in [5.41, 5.74) is 3.80. The maximum atomic E-state index is 12.6. The molecule has 3 rings (SSSR count). The van der Waals surface area contributed by atoms with Crippen molar-refractivity contribution >= 4 is 9.84 Å². The Kier molecular flexibility index (Phi) is 4.55. The molecule has 5 heteroatoms. The van der Waals surface area contributed by atoms with E-state index in [0.29, 0.717) is 32.1 Å². The van der Waals surface area contributed by atoms with Gasteiger partial charge in [-0.3, -0.25) is 4.90 Å². The van der Waals surface area contributed by atoms with Gasteiger partial charge < -0.3 is 4.74 Å². The summed E-state index contributed by atoms with van der Waals surface area (Å²) in [4.78, 5) is 2.26. The summed E-state index contributed by atoms with van der Waals surface area (Å²) in [7, 11) is -2.99. The van der Waals surface area contributed by atoms with E-state index in [1.807, 2.05) is 6.92 Å². The van der Waals surface area contributed by atoms with Gasteiger partial charge in [0.05, 0.1) is 12.4 Å². The van der Waals surface area contributed by atoms with Crippen LogP contribution in [0.25, 0.3) is 0 Å². The van der Waals surface area contributed by atoms with E-state index in [4.69, 9.17) is 4.74 Å². The first-order chi connectivity index (χ1) is 10.9. The molecule has 1 aromatic rings. The number of nitrogens with zero attached hydrogens (tertiary/aromatic N) is 1. The van der Waals surface area contributed by atoms with Gasteiger partial charge in [-0.1, -0.05) is 29.3 Å². The van der Waals surface area contributed by atoms with Crippen LogP contribution in [-0.2, 0) is 21.1 Å². The zero-order valence-electron chi connectivity index (χ0n) is 14.3. The summed E-state index contributed by atoms with van der Waals surface area (Å²) in [6, 6.07) is 6.55. The van der Waals surface area contributed by atoms with E-state index >= 15 is 0 Å². The fourth-order valence-electron chi connectivity index (χ4n) is 4.21. The predicted molar refractivity (Wildman–Crippen MR) is 92.3 cm³/mol. The molecule has 0 amide bonds. The minimum atomic E-state index is -2.99. The molecule has 1 aromatic carbocycles. The smallest absolute Gasteiger partial charge is 0.158 e. The number of aryl methyl sites for hydroxylation is 2. The summed E-state index contributed by atoms with van der Waals surface area (Å²) >= 11 is 0. The molecule has 23 heavy (non-hydrogen) atoms. The second-order valence-electron chi connectivity index (χ2n) is 7.17. The molecule has 2 fully saturated rings. The fraction of sp³-hybridized carbons (Fsp3) is 0.667. The lowest BCUT2D eigenvalue weighted by atomic mass is 9.83. The summed E-state index contributed by atoms with van der Waals surface area (Å²) in [6.45, 7) is 9.54. The Morgan fingerprint density at radius 1 is 1.22 bits per heavy atom. The van der Waals surface area contributed by atoms with Gasteiger partial charge in [0.25, 0.3) is 0 Å². The monoisotopic (exact) mass is 337 g/mol. The van der Waals surface area contributed by atoms with Crippen molar-refractivity contribution in [2.45, 2.75) is 38.5 Å². The number of rotatable bonds is 5. The summed E-state index contributed by atoms with van der Waals surface area (Å²) < 4.78 is 30.1. The van der Waals surface area contributed by atoms with Gasteiger partial charge in [0.1, 0.15) is 4.75 Å². The largest absolute Gasteiger partial charge is 0.381 e. The molecule has 0 bridgehead atoms. The van der Waals surface area contributed by atoms with Gasteiger partial charge in [0.15, 0.2) is 9.84 Å². The second-order valence-corrected chi connectivity index (χ2v) is 9.62. The van der Waals surface area contributed by atoms with Gasteiger partial charge in [-0.05, 0) is 32.8 Å². The Hall–Kier alpha value is -0.910. The maximum Gasteiger partial charge on any atom is 0.158 e. The van der Waals surface area contributed by atoms with Crippen molar-refractivity contribution in [3.8, 4) is 0 Å². The summed E-state index contributed by atoms with van der Waals surface area (Å²) in [5.74, 6) is 0.477. The molecule has 2 saturated heterocycles. The van der Waals surface area contributed by atoms with Crippen molar-refractivity contribution in [3.63, 3.8) is 0 Å². The molecule has 0 unspecified atom stereocenters. The van der Waals surface area contributed by atoms with Crippen LogP contribution in [0.2, 0.25) is 0 Å². The van der Waals surface area contributed by atoms with E-state index in [2.05, 4.69) is 36.9 Å². The van der Waals surface area contributed by atoms with Gasteiger partial charge in [-0.25, -0.2) is 8.42 Å². The Balaban J connectivity index is 1.69. The molecule has 128 valence electrons. The van der Waals surface area contributed by atoms with Crippen LogP contribution in [0.3, 0.4) is 0 Å². The SMILES string of the molecule is CCOC[C@@H]1CCS(=O)(=O)C12CN(Cc1cc(C)cc(C)c1)C2. The molecule has 0 radical (unpaired) electrons. The Bertz CT molecular complexity index is 657. The first-order valence-corrected chi connectivity index (χ1v) is 10.1. The van der Waals surface area contributed by atoms with E-state index in [1.54, 1.807) is 0 Å². The average molecular weight is 337 g/mol. The zero-order chi connectivity index (χ0) is 16.7. The molecule has 0 saturated carbocycles. The van der Waals surface area contributed by atoms with E-state index in [9.17, 15) is 8.42 Å². The maximum absolute atomic E-state index is 12.6. The zero-order valence-corrected chi connectivity index (χ0v) is 15.2. The summed E-state index contributed by atoms with van der Waals surface area (Å²) in [5, 5.41) is 0. The molecule has 1 spiro atoms. The molecule has 4 nitrogen and oxygen atoms in total. The van der Waals surface area contributed by atoms with Crippen LogP contribution in [0, 0.1) is 19.8 Å². The van der Waals surface area contributed by atoms with Crippen molar-refractivity contribution in [1.29, 1.82) is 0 Å². The van der Waals surface area contributed by atoms with Crippen LogP contribution in [-0.4, -0.2) is 50.1 Å². The quantitative estimate of drug-likeness (QED) is 0.827. The lowest BCUT2D eigenvalue weighted by Gasteiger charge is -2.50. The number of likely N-dealkylation sites (tertiary alicyclic amines) is 1. The van der Waals surface area contributed by atoms with E-state index < -0.39 is 14.6 Å². The van der Waals surface area contributed by atoms with Crippen molar-refractivity contribution in [2.24, 2.45) is 5.92 Å². The summed E-state index contributed by atoms with van der Waals surface area (Å²) in [6.07, 6.45) is 0.750. The molecule has 2 heterocycles. The third-order valence-electron chi connectivity index (χ3n) is 5.29. The third kappa shape index (κ3) is 3.06. The lowest BCUT2D eigenvalue weighted by Crippen LogP contribution is -2.67. The normalized spacial score (nSPS) is 25.6. The minimum absolute atomic E-state index is 0.156. The predicted octanol–water partition coefficient (Wildman–Crippen LogP) is 2.33. The van der Waals surface area contributed by atoms with Crippen molar-refractivity contribution in [1.82, 2.24) is 4.90 Å². The average Bonchev–Trinajstić information content (AvgIpc) is 2.67. The highest BCUT2D eigenvalue weighted by molar-refractivity contribution is 7.93. The van der Waals surface area contributed by atoms with E-state index in [1.165, 1.54) is 16.7 Å². The number of ether oxygens (including phenoxy) is 1. The third-order valence-corrected chi connectivity index (χ3v) is 7.90. The van der Waals surface area contributed by atoms with Crippen LogP contribution >= 0.6 is 0 Å². The van der Waals surface area contributed by atoms with Crippen LogP contribution in [0.4, 0.5) is 0 Å². The van der Waals surface area contributed by atoms with Crippen molar-refractivity contribution in [3.05, 3.63) is 34.9 Å². The van der Waals surface area contributed by atoms with Crippen LogP contribution < -0.4 is 0 Å². The molecule has 1 atom stereocenters. The topological polar surface area (TPSA) is 46.6 Å². The number of hydrogen-bond donors (Lipinski definition) is 0. The highest BCUT2D eigenvalue weighted by atomic mass is 32.2. The molecule has 2 aliphatic heterocycles. The van der Waals surface area contributed by atoms with Gasteiger partial charge in [-0.2, -0.15) is 0 Å². The number of hydrogen-bond acceptors (Lipinski definition) is 4.